The summed E-state index contributed by atoms with van der Waals surface area (Å²) in [6, 6.07) is 13.7. The molecular weight excluding hydrogens is 422 g/mol. The molecule has 0 heterocycles. The molecule has 27 heavy (non-hydrogen) atoms. The lowest BCUT2D eigenvalue weighted by Gasteiger charge is -2.27. The van der Waals surface area contributed by atoms with Crippen molar-refractivity contribution in [3.05, 3.63) is 63.6 Å². The van der Waals surface area contributed by atoms with Gasteiger partial charge in [-0.1, -0.05) is 48.0 Å². The van der Waals surface area contributed by atoms with E-state index in [1.165, 1.54) is 24.0 Å². The van der Waals surface area contributed by atoms with Crippen molar-refractivity contribution in [1.82, 2.24) is 4.90 Å². The van der Waals surface area contributed by atoms with Crippen molar-refractivity contribution < 1.29 is 8.42 Å². The molecule has 0 spiro atoms. The Morgan fingerprint density at radius 2 is 1.59 bits per heavy atom. The van der Waals surface area contributed by atoms with Gasteiger partial charge in [-0.15, -0.1) is 0 Å². The SMILES string of the molecule is CCCN(CCC)[C@@H]1Cc2ccc(CS(=O)(=O)c3ccc(Br)cc3)cc2C1. The maximum absolute atomic E-state index is 12.7. The number of halogens is 1. The van der Waals surface area contributed by atoms with Gasteiger partial charge in [-0.2, -0.15) is 0 Å². The van der Waals surface area contributed by atoms with Gasteiger partial charge in [-0.05, 0) is 79.7 Å². The number of hydrogen-bond donors (Lipinski definition) is 0. The highest BCUT2D eigenvalue weighted by Crippen LogP contribution is 2.28. The second-order valence-corrected chi connectivity index (χ2v) is 10.3. The van der Waals surface area contributed by atoms with Gasteiger partial charge in [-0.3, -0.25) is 4.90 Å². The smallest absolute Gasteiger partial charge is 0.182 e. The van der Waals surface area contributed by atoms with Crippen molar-refractivity contribution >= 4 is 25.8 Å². The van der Waals surface area contributed by atoms with E-state index in [-0.39, 0.29) is 5.75 Å². The number of fused-ring (bicyclic) bond motifs is 1. The van der Waals surface area contributed by atoms with Crippen LogP contribution < -0.4 is 0 Å². The highest BCUT2D eigenvalue weighted by Gasteiger charge is 2.26. The molecule has 0 radical (unpaired) electrons. The third-order valence-corrected chi connectivity index (χ3v) is 7.48. The summed E-state index contributed by atoms with van der Waals surface area (Å²) in [4.78, 5) is 2.97. The van der Waals surface area contributed by atoms with Gasteiger partial charge in [0, 0.05) is 10.5 Å². The number of nitrogens with zero attached hydrogens (tertiary/aromatic N) is 1. The van der Waals surface area contributed by atoms with Gasteiger partial charge < -0.3 is 0 Å². The molecule has 0 saturated carbocycles. The van der Waals surface area contributed by atoms with Crippen molar-refractivity contribution in [2.75, 3.05) is 13.1 Å². The fraction of sp³-hybridized carbons (Fsp3) is 0.455. The monoisotopic (exact) mass is 449 g/mol. The van der Waals surface area contributed by atoms with Gasteiger partial charge in [0.2, 0.25) is 0 Å². The lowest BCUT2D eigenvalue weighted by Crippen LogP contribution is -2.37. The molecule has 146 valence electrons. The first-order chi connectivity index (χ1) is 12.9. The largest absolute Gasteiger partial charge is 0.300 e. The molecule has 0 aromatic heterocycles. The Hall–Kier alpha value is -1.17. The second-order valence-electron chi connectivity index (χ2n) is 7.41. The average Bonchev–Trinajstić information content (AvgIpc) is 3.05. The molecule has 0 bridgehead atoms. The molecule has 0 N–H and O–H groups in total. The number of benzene rings is 2. The van der Waals surface area contributed by atoms with Crippen molar-refractivity contribution in [2.24, 2.45) is 0 Å². The molecule has 0 fully saturated rings. The molecule has 0 amide bonds. The third-order valence-electron chi connectivity index (χ3n) is 5.25. The molecule has 3 nitrogen and oxygen atoms in total. The van der Waals surface area contributed by atoms with E-state index in [1.807, 2.05) is 6.07 Å². The molecule has 5 heteroatoms. The van der Waals surface area contributed by atoms with E-state index in [2.05, 4.69) is 46.8 Å². The Kier molecular flexibility index (Phi) is 6.77. The van der Waals surface area contributed by atoms with Crippen molar-refractivity contribution in [3.63, 3.8) is 0 Å². The molecule has 2 aromatic carbocycles. The van der Waals surface area contributed by atoms with E-state index < -0.39 is 9.84 Å². The quantitative estimate of drug-likeness (QED) is 0.567. The van der Waals surface area contributed by atoms with Crippen molar-refractivity contribution in [3.8, 4) is 0 Å². The first kappa shape index (κ1) is 20.6. The Morgan fingerprint density at radius 3 is 2.22 bits per heavy atom. The normalized spacial score (nSPS) is 16.7. The zero-order valence-electron chi connectivity index (χ0n) is 16.1. The standard InChI is InChI=1S/C22H28BrNO2S/c1-3-11-24(12-4-2)21-14-18-6-5-17(13-19(18)15-21)16-27(25,26)22-9-7-20(23)8-10-22/h5-10,13,21H,3-4,11-12,14-16H2,1-2H3/t21-/m1/s1. The van der Waals surface area contributed by atoms with Gasteiger partial charge in [-0.25, -0.2) is 8.42 Å². The van der Waals surface area contributed by atoms with Crippen LogP contribution in [0.2, 0.25) is 0 Å². The lowest BCUT2D eigenvalue weighted by molar-refractivity contribution is 0.202. The van der Waals surface area contributed by atoms with E-state index in [1.54, 1.807) is 24.3 Å². The second kappa shape index (κ2) is 8.89. The highest BCUT2D eigenvalue weighted by molar-refractivity contribution is 9.10. The van der Waals surface area contributed by atoms with Crippen molar-refractivity contribution in [1.29, 1.82) is 0 Å². The Morgan fingerprint density at radius 1 is 0.963 bits per heavy atom. The van der Waals surface area contributed by atoms with Crippen LogP contribution in [0.3, 0.4) is 0 Å². The summed E-state index contributed by atoms with van der Waals surface area (Å²) in [5, 5.41) is 0. The van der Waals surface area contributed by atoms with E-state index in [0.29, 0.717) is 10.9 Å². The van der Waals surface area contributed by atoms with Crippen molar-refractivity contribution in [2.45, 2.75) is 56.2 Å². The number of rotatable bonds is 8. The van der Waals surface area contributed by atoms with Crippen LogP contribution in [0, 0.1) is 0 Å². The van der Waals surface area contributed by atoms with Crippen LogP contribution in [-0.2, 0) is 28.4 Å². The molecule has 0 unspecified atom stereocenters. The molecule has 1 aliphatic carbocycles. The fourth-order valence-corrected chi connectivity index (χ4v) is 5.59. The van der Waals surface area contributed by atoms with Crippen LogP contribution in [0.4, 0.5) is 0 Å². The highest BCUT2D eigenvalue weighted by atomic mass is 79.9. The first-order valence-electron chi connectivity index (χ1n) is 9.76. The van der Waals surface area contributed by atoms with Gasteiger partial charge in [0.1, 0.15) is 0 Å². The van der Waals surface area contributed by atoms with Crippen LogP contribution in [0.5, 0.6) is 0 Å². The molecule has 0 aliphatic heterocycles. The summed E-state index contributed by atoms with van der Waals surface area (Å²) in [7, 11) is -3.33. The van der Waals surface area contributed by atoms with Gasteiger partial charge in [0.15, 0.2) is 9.84 Å². The molecule has 3 rings (SSSR count). The summed E-state index contributed by atoms with van der Waals surface area (Å²) in [5.74, 6) is 0.0558. The summed E-state index contributed by atoms with van der Waals surface area (Å²) in [5.41, 5.74) is 3.58. The molecule has 1 atom stereocenters. The van der Waals surface area contributed by atoms with Gasteiger partial charge in [0.05, 0.1) is 10.6 Å². The van der Waals surface area contributed by atoms with Crippen LogP contribution in [-0.4, -0.2) is 32.4 Å². The Bertz CT molecular complexity index is 872. The molecular formula is C22H28BrNO2S. The van der Waals surface area contributed by atoms with Crippen LogP contribution >= 0.6 is 15.9 Å². The van der Waals surface area contributed by atoms with Gasteiger partial charge in [0.25, 0.3) is 0 Å². The van der Waals surface area contributed by atoms with Crippen LogP contribution in [0.25, 0.3) is 0 Å². The lowest BCUT2D eigenvalue weighted by atomic mass is 10.1. The third kappa shape index (κ3) is 5.01. The molecule has 2 aromatic rings. The van der Waals surface area contributed by atoms with E-state index in [4.69, 9.17) is 0 Å². The van der Waals surface area contributed by atoms with Crippen LogP contribution in [0.1, 0.15) is 43.4 Å². The Labute approximate surface area is 171 Å². The minimum atomic E-state index is -3.33. The maximum atomic E-state index is 12.7. The summed E-state index contributed by atoms with van der Waals surface area (Å²) >= 11 is 3.35. The summed E-state index contributed by atoms with van der Waals surface area (Å²) in [6.45, 7) is 6.74. The minimum absolute atomic E-state index is 0.0558. The van der Waals surface area contributed by atoms with E-state index in [0.717, 1.165) is 36.0 Å². The predicted octanol–water partition coefficient (Wildman–Crippen LogP) is 5.01. The van der Waals surface area contributed by atoms with E-state index >= 15 is 0 Å². The van der Waals surface area contributed by atoms with Crippen LogP contribution in [0.15, 0.2) is 51.8 Å². The molecule has 1 aliphatic rings. The number of sulfone groups is 1. The fourth-order valence-electron chi connectivity index (χ4n) is 3.99. The zero-order chi connectivity index (χ0) is 19.4. The average molecular weight is 450 g/mol. The molecule has 0 saturated heterocycles. The summed E-state index contributed by atoms with van der Waals surface area (Å²) < 4.78 is 26.3. The number of hydrogen-bond acceptors (Lipinski definition) is 3. The maximum Gasteiger partial charge on any atom is 0.182 e. The minimum Gasteiger partial charge on any atom is -0.300 e. The summed E-state index contributed by atoms with van der Waals surface area (Å²) in [6.07, 6.45) is 4.45. The Balaban J connectivity index is 1.75. The first-order valence-corrected chi connectivity index (χ1v) is 12.2. The van der Waals surface area contributed by atoms with E-state index in [9.17, 15) is 8.42 Å². The predicted molar refractivity (Wildman–Crippen MR) is 115 cm³/mol. The topological polar surface area (TPSA) is 37.4 Å². The van der Waals surface area contributed by atoms with Gasteiger partial charge >= 0.3 is 0 Å². The zero-order valence-corrected chi connectivity index (χ0v) is 18.5.